The minimum atomic E-state index is -0.253. The van der Waals surface area contributed by atoms with Gasteiger partial charge in [0.05, 0.1) is 11.7 Å². The van der Waals surface area contributed by atoms with Crippen LogP contribution >= 0.6 is 35.1 Å². The molecule has 1 heterocycles. The number of rotatable bonds is 2. The SMILES string of the molecule is Fc1ccc(Sc2nsnc2Cl)cc1. The van der Waals surface area contributed by atoms with E-state index in [-0.39, 0.29) is 5.82 Å². The fourth-order valence-corrected chi connectivity index (χ4v) is 2.44. The zero-order chi connectivity index (χ0) is 9.97. The van der Waals surface area contributed by atoms with Crippen molar-refractivity contribution in [2.24, 2.45) is 0 Å². The van der Waals surface area contributed by atoms with Crippen LogP contribution in [-0.4, -0.2) is 8.75 Å². The zero-order valence-electron chi connectivity index (χ0n) is 6.78. The van der Waals surface area contributed by atoms with Crippen LogP contribution in [0.25, 0.3) is 0 Å². The van der Waals surface area contributed by atoms with Crippen molar-refractivity contribution in [1.29, 1.82) is 0 Å². The molecule has 0 unspecified atom stereocenters. The normalized spacial score (nSPS) is 10.4. The first-order valence-corrected chi connectivity index (χ1v) is 5.59. The Kier molecular flexibility index (Phi) is 3.00. The Bertz CT molecular complexity index is 429. The van der Waals surface area contributed by atoms with Crippen LogP contribution in [0, 0.1) is 5.82 Å². The van der Waals surface area contributed by atoms with Crippen molar-refractivity contribution in [3.8, 4) is 0 Å². The average Bonchev–Trinajstić information content (AvgIpc) is 2.56. The molecule has 0 aliphatic heterocycles. The molecule has 0 N–H and O–H groups in total. The molecular weight excluding hydrogens is 243 g/mol. The molecule has 0 aliphatic carbocycles. The molecule has 0 spiro atoms. The van der Waals surface area contributed by atoms with Crippen molar-refractivity contribution in [2.75, 3.05) is 0 Å². The van der Waals surface area contributed by atoms with Gasteiger partial charge < -0.3 is 0 Å². The lowest BCUT2D eigenvalue weighted by atomic mass is 10.4. The molecule has 1 aromatic carbocycles. The van der Waals surface area contributed by atoms with E-state index in [9.17, 15) is 4.39 Å². The smallest absolute Gasteiger partial charge is 0.177 e. The Morgan fingerprint density at radius 1 is 1.21 bits per heavy atom. The lowest BCUT2D eigenvalue weighted by Gasteiger charge is -1.96. The molecule has 2 rings (SSSR count). The fourth-order valence-electron chi connectivity index (χ4n) is 0.845. The van der Waals surface area contributed by atoms with Crippen LogP contribution in [-0.2, 0) is 0 Å². The Labute approximate surface area is 93.4 Å². The van der Waals surface area contributed by atoms with Crippen molar-refractivity contribution in [3.05, 3.63) is 35.2 Å². The van der Waals surface area contributed by atoms with Gasteiger partial charge in [0.25, 0.3) is 0 Å². The van der Waals surface area contributed by atoms with Gasteiger partial charge in [0.15, 0.2) is 10.2 Å². The molecule has 0 amide bonds. The molecular formula is C8H4ClFN2S2. The summed E-state index contributed by atoms with van der Waals surface area (Å²) in [5.41, 5.74) is 0. The van der Waals surface area contributed by atoms with E-state index in [1.807, 2.05) is 0 Å². The fraction of sp³-hybridized carbons (Fsp3) is 0. The standard InChI is InChI=1S/C8H4ClFN2S2/c9-7-8(12-14-11-7)13-6-3-1-5(10)2-4-6/h1-4H. The van der Waals surface area contributed by atoms with Gasteiger partial charge in [-0.25, -0.2) is 4.39 Å². The Hall–Kier alpha value is -0.650. The summed E-state index contributed by atoms with van der Waals surface area (Å²) in [7, 11) is 0. The van der Waals surface area contributed by atoms with Crippen molar-refractivity contribution >= 4 is 35.1 Å². The topological polar surface area (TPSA) is 25.8 Å². The summed E-state index contributed by atoms with van der Waals surface area (Å²) in [4.78, 5) is 0.890. The van der Waals surface area contributed by atoms with Gasteiger partial charge in [-0.15, -0.1) is 0 Å². The molecule has 6 heteroatoms. The average molecular weight is 247 g/mol. The number of aromatic nitrogens is 2. The van der Waals surface area contributed by atoms with Crippen LogP contribution < -0.4 is 0 Å². The van der Waals surface area contributed by atoms with E-state index >= 15 is 0 Å². The summed E-state index contributed by atoms with van der Waals surface area (Å²) in [5.74, 6) is -0.253. The van der Waals surface area contributed by atoms with E-state index in [1.165, 1.54) is 23.9 Å². The number of hydrogen-bond donors (Lipinski definition) is 0. The molecule has 0 atom stereocenters. The third kappa shape index (κ3) is 2.23. The maximum atomic E-state index is 12.6. The summed E-state index contributed by atoms with van der Waals surface area (Å²) in [6.07, 6.45) is 0. The van der Waals surface area contributed by atoms with E-state index in [1.54, 1.807) is 12.1 Å². The first kappa shape index (κ1) is 9.89. The monoisotopic (exact) mass is 246 g/mol. The predicted octanol–water partition coefficient (Wildman–Crippen LogP) is 3.48. The van der Waals surface area contributed by atoms with Crippen LogP contribution in [0.4, 0.5) is 4.39 Å². The van der Waals surface area contributed by atoms with Gasteiger partial charge in [0, 0.05) is 4.90 Å². The zero-order valence-corrected chi connectivity index (χ0v) is 9.17. The van der Waals surface area contributed by atoms with Crippen LogP contribution in [0.5, 0.6) is 0 Å². The van der Waals surface area contributed by atoms with E-state index in [0.717, 1.165) is 16.6 Å². The molecule has 0 saturated heterocycles. The highest BCUT2D eigenvalue weighted by molar-refractivity contribution is 7.99. The maximum Gasteiger partial charge on any atom is 0.177 e. The van der Waals surface area contributed by atoms with E-state index in [2.05, 4.69) is 8.75 Å². The summed E-state index contributed by atoms with van der Waals surface area (Å²) >= 11 is 8.19. The van der Waals surface area contributed by atoms with Gasteiger partial charge >= 0.3 is 0 Å². The molecule has 2 aromatic rings. The molecule has 0 fully saturated rings. The van der Waals surface area contributed by atoms with Crippen molar-refractivity contribution in [3.63, 3.8) is 0 Å². The number of halogens is 2. The minimum absolute atomic E-state index is 0.253. The lowest BCUT2D eigenvalue weighted by Crippen LogP contribution is -1.75. The summed E-state index contributed by atoms with van der Waals surface area (Å²) in [6.45, 7) is 0. The molecule has 0 radical (unpaired) electrons. The van der Waals surface area contributed by atoms with Crippen molar-refractivity contribution in [1.82, 2.24) is 8.75 Å². The van der Waals surface area contributed by atoms with Gasteiger partial charge in [-0.1, -0.05) is 23.4 Å². The highest BCUT2D eigenvalue weighted by Gasteiger charge is 2.06. The Morgan fingerprint density at radius 3 is 2.50 bits per heavy atom. The first-order chi connectivity index (χ1) is 6.75. The molecule has 72 valence electrons. The van der Waals surface area contributed by atoms with E-state index in [4.69, 9.17) is 11.6 Å². The number of hydrogen-bond acceptors (Lipinski definition) is 4. The molecule has 2 nitrogen and oxygen atoms in total. The second kappa shape index (κ2) is 4.25. The van der Waals surface area contributed by atoms with E-state index in [0.29, 0.717) is 10.2 Å². The maximum absolute atomic E-state index is 12.6. The summed E-state index contributed by atoms with van der Waals surface area (Å²) < 4.78 is 20.4. The quantitative estimate of drug-likeness (QED) is 0.811. The predicted molar refractivity (Wildman–Crippen MR) is 55.4 cm³/mol. The molecule has 0 aliphatic rings. The third-order valence-electron chi connectivity index (χ3n) is 1.45. The van der Waals surface area contributed by atoms with Gasteiger partial charge in [0.1, 0.15) is 5.82 Å². The molecule has 14 heavy (non-hydrogen) atoms. The van der Waals surface area contributed by atoms with Crippen LogP contribution in [0.3, 0.4) is 0 Å². The van der Waals surface area contributed by atoms with Gasteiger partial charge in [-0.2, -0.15) is 8.75 Å². The van der Waals surface area contributed by atoms with Gasteiger partial charge in [-0.3, -0.25) is 0 Å². The first-order valence-electron chi connectivity index (χ1n) is 3.67. The van der Waals surface area contributed by atoms with Crippen LogP contribution in [0.15, 0.2) is 34.2 Å². The second-order valence-corrected chi connectivity index (χ2v) is 4.36. The highest BCUT2D eigenvalue weighted by atomic mass is 35.5. The largest absolute Gasteiger partial charge is 0.207 e. The minimum Gasteiger partial charge on any atom is -0.207 e. The van der Waals surface area contributed by atoms with Gasteiger partial charge in [-0.05, 0) is 24.3 Å². The van der Waals surface area contributed by atoms with E-state index < -0.39 is 0 Å². The molecule has 0 saturated carbocycles. The van der Waals surface area contributed by atoms with Gasteiger partial charge in [0.2, 0.25) is 0 Å². The summed E-state index contributed by atoms with van der Waals surface area (Å²) in [5, 5.41) is 1.05. The Morgan fingerprint density at radius 2 is 1.93 bits per heavy atom. The second-order valence-electron chi connectivity index (χ2n) is 2.42. The van der Waals surface area contributed by atoms with Crippen LogP contribution in [0.2, 0.25) is 5.15 Å². The summed E-state index contributed by atoms with van der Waals surface area (Å²) in [6, 6.07) is 6.15. The Balaban J connectivity index is 2.19. The third-order valence-corrected chi connectivity index (χ3v) is 3.56. The van der Waals surface area contributed by atoms with Crippen molar-refractivity contribution in [2.45, 2.75) is 9.92 Å². The number of nitrogens with zero attached hydrogens (tertiary/aromatic N) is 2. The molecule has 0 bridgehead atoms. The number of benzene rings is 1. The van der Waals surface area contributed by atoms with Crippen LogP contribution in [0.1, 0.15) is 0 Å². The molecule has 1 aromatic heterocycles. The lowest BCUT2D eigenvalue weighted by molar-refractivity contribution is 0.626. The van der Waals surface area contributed by atoms with Crippen molar-refractivity contribution < 1.29 is 4.39 Å². The highest BCUT2D eigenvalue weighted by Crippen LogP contribution is 2.31.